The van der Waals surface area contributed by atoms with Gasteiger partial charge in [-0.2, -0.15) is 0 Å². The molecule has 0 aromatic carbocycles. The van der Waals surface area contributed by atoms with Gasteiger partial charge >= 0.3 is 0 Å². The number of pyridine rings is 1. The van der Waals surface area contributed by atoms with Gasteiger partial charge in [-0.05, 0) is 11.6 Å². The van der Waals surface area contributed by atoms with Crippen LogP contribution in [0.1, 0.15) is 11.6 Å². The molecule has 1 aliphatic heterocycles. The molecule has 14 heavy (non-hydrogen) atoms. The molecule has 2 heterocycles. The third-order valence-corrected chi connectivity index (χ3v) is 2.23. The third-order valence-electron chi connectivity index (χ3n) is 2.01. The molecular weight excluding hydrogens is 204 g/mol. The van der Waals surface area contributed by atoms with E-state index in [1.165, 1.54) is 0 Å². The molecule has 1 fully saturated rings. The van der Waals surface area contributed by atoms with Crippen molar-refractivity contribution in [3.8, 4) is 0 Å². The minimum atomic E-state index is -0.110. The molecule has 5 heteroatoms. The van der Waals surface area contributed by atoms with Gasteiger partial charge in [-0.3, -0.25) is 4.79 Å². The lowest BCUT2D eigenvalue weighted by molar-refractivity contribution is -0.131. The van der Waals surface area contributed by atoms with Crippen LogP contribution in [0.2, 0.25) is 5.15 Å². The van der Waals surface area contributed by atoms with E-state index in [-0.39, 0.29) is 18.6 Å². The number of nitrogens with one attached hydrogen (secondary N) is 1. The second-order valence-electron chi connectivity index (χ2n) is 3.05. The van der Waals surface area contributed by atoms with Gasteiger partial charge in [0.15, 0.2) is 0 Å². The molecule has 1 aromatic rings. The summed E-state index contributed by atoms with van der Waals surface area (Å²) < 4.78 is 5.11. The number of carbonyl (C=O) groups excluding carboxylic acids is 1. The zero-order valence-electron chi connectivity index (χ0n) is 7.37. The van der Waals surface area contributed by atoms with Crippen molar-refractivity contribution in [2.24, 2.45) is 0 Å². The molecule has 0 saturated carbocycles. The van der Waals surface area contributed by atoms with Crippen molar-refractivity contribution in [2.45, 2.75) is 6.04 Å². The average Bonchev–Trinajstić information content (AvgIpc) is 2.19. The van der Waals surface area contributed by atoms with Crippen molar-refractivity contribution in [3.05, 3.63) is 29.0 Å². The van der Waals surface area contributed by atoms with Crippen molar-refractivity contribution in [2.75, 3.05) is 13.2 Å². The lowest BCUT2D eigenvalue weighted by Crippen LogP contribution is -2.39. The number of halogens is 1. The fraction of sp³-hybridized carbons (Fsp3) is 0.333. The van der Waals surface area contributed by atoms with Gasteiger partial charge in [-0.15, -0.1) is 0 Å². The van der Waals surface area contributed by atoms with Gasteiger partial charge < -0.3 is 10.1 Å². The minimum absolute atomic E-state index is 0.101. The number of aromatic nitrogens is 1. The van der Waals surface area contributed by atoms with Crippen LogP contribution in [-0.2, 0) is 9.53 Å². The number of nitrogens with zero attached hydrogens (tertiary/aromatic N) is 1. The Kier molecular flexibility index (Phi) is 2.65. The molecule has 0 radical (unpaired) electrons. The fourth-order valence-corrected chi connectivity index (χ4v) is 1.43. The molecule has 2 rings (SSSR count). The Morgan fingerprint density at radius 2 is 2.43 bits per heavy atom. The van der Waals surface area contributed by atoms with Crippen LogP contribution in [0.15, 0.2) is 18.3 Å². The van der Waals surface area contributed by atoms with Gasteiger partial charge in [0.05, 0.1) is 12.6 Å². The molecule has 1 amide bonds. The van der Waals surface area contributed by atoms with Gasteiger partial charge in [0.25, 0.3) is 0 Å². The summed E-state index contributed by atoms with van der Waals surface area (Å²) in [7, 11) is 0. The SMILES string of the molecule is O=C1COC[C@@H](c2ccc(Cl)nc2)N1. The van der Waals surface area contributed by atoms with Crippen molar-refractivity contribution >= 4 is 17.5 Å². The van der Waals surface area contributed by atoms with Crippen molar-refractivity contribution in [1.82, 2.24) is 10.3 Å². The van der Waals surface area contributed by atoms with Gasteiger partial charge in [-0.25, -0.2) is 4.98 Å². The van der Waals surface area contributed by atoms with Gasteiger partial charge in [0.2, 0.25) is 5.91 Å². The highest BCUT2D eigenvalue weighted by Gasteiger charge is 2.20. The van der Waals surface area contributed by atoms with Crippen LogP contribution in [0.25, 0.3) is 0 Å². The van der Waals surface area contributed by atoms with Gasteiger partial charge in [-0.1, -0.05) is 17.7 Å². The second kappa shape index (κ2) is 3.94. The van der Waals surface area contributed by atoms with E-state index >= 15 is 0 Å². The lowest BCUT2D eigenvalue weighted by Gasteiger charge is -2.23. The Labute approximate surface area is 86.2 Å². The number of amides is 1. The Bertz CT molecular complexity index is 339. The maximum Gasteiger partial charge on any atom is 0.246 e. The zero-order valence-corrected chi connectivity index (χ0v) is 8.12. The first-order valence-electron chi connectivity index (χ1n) is 4.24. The van der Waals surface area contributed by atoms with Crippen LogP contribution >= 0.6 is 11.6 Å². The number of hydrogen-bond donors (Lipinski definition) is 1. The highest BCUT2D eigenvalue weighted by molar-refractivity contribution is 6.29. The first-order valence-corrected chi connectivity index (χ1v) is 4.62. The quantitative estimate of drug-likeness (QED) is 0.705. The molecule has 0 unspecified atom stereocenters. The Balaban J connectivity index is 2.14. The van der Waals surface area contributed by atoms with Crippen LogP contribution in [0, 0.1) is 0 Å². The maximum atomic E-state index is 11.0. The Hall–Kier alpha value is -1.13. The van der Waals surface area contributed by atoms with E-state index in [1.807, 2.05) is 6.07 Å². The van der Waals surface area contributed by atoms with E-state index in [0.717, 1.165) is 5.56 Å². The van der Waals surface area contributed by atoms with Gasteiger partial charge in [0.1, 0.15) is 11.8 Å². The normalized spacial score (nSPS) is 21.8. The van der Waals surface area contributed by atoms with E-state index in [4.69, 9.17) is 16.3 Å². The number of hydrogen-bond acceptors (Lipinski definition) is 3. The standard InChI is InChI=1S/C9H9ClN2O2/c10-8-2-1-6(3-11-8)7-4-14-5-9(13)12-7/h1-3,7H,4-5H2,(H,12,13)/t7-/m0/s1. The molecule has 1 saturated heterocycles. The predicted octanol–water partition coefficient (Wildman–Crippen LogP) is 0.922. The first-order chi connectivity index (χ1) is 6.75. The summed E-state index contributed by atoms with van der Waals surface area (Å²) in [6.07, 6.45) is 1.64. The molecule has 4 nitrogen and oxygen atoms in total. The summed E-state index contributed by atoms with van der Waals surface area (Å²) in [5, 5.41) is 3.25. The molecule has 1 aliphatic rings. The third kappa shape index (κ3) is 2.02. The van der Waals surface area contributed by atoms with E-state index in [9.17, 15) is 4.79 Å². The average molecular weight is 213 g/mol. The summed E-state index contributed by atoms with van der Waals surface area (Å²) in [6, 6.07) is 3.41. The number of rotatable bonds is 1. The van der Waals surface area contributed by atoms with Gasteiger partial charge in [0, 0.05) is 6.20 Å². The van der Waals surface area contributed by atoms with Crippen LogP contribution < -0.4 is 5.32 Å². The molecule has 74 valence electrons. The number of carbonyl (C=O) groups is 1. The molecule has 0 aliphatic carbocycles. The number of ether oxygens (including phenoxy) is 1. The molecule has 0 bridgehead atoms. The van der Waals surface area contributed by atoms with E-state index < -0.39 is 0 Å². The van der Waals surface area contributed by atoms with Crippen molar-refractivity contribution in [3.63, 3.8) is 0 Å². The highest BCUT2D eigenvalue weighted by atomic mass is 35.5. The van der Waals surface area contributed by atoms with E-state index in [0.29, 0.717) is 11.8 Å². The molecule has 1 aromatic heterocycles. The van der Waals surface area contributed by atoms with E-state index in [1.54, 1.807) is 12.3 Å². The van der Waals surface area contributed by atoms with Crippen molar-refractivity contribution < 1.29 is 9.53 Å². The smallest absolute Gasteiger partial charge is 0.246 e. The zero-order chi connectivity index (χ0) is 9.97. The molecule has 1 N–H and O–H groups in total. The molecule has 1 atom stereocenters. The molecular formula is C9H9ClN2O2. The summed E-state index contributed by atoms with van der Waals surface area (Å²) in [4.78, 5) is 15.0. The topological polar surface area (TPSA) is 51.2 Å². The summed E-state index contributed by atoms with van der Waals surface area (Å²) in [6.45, 7) is 0.618. The highest BCUT2D eigenvalue weighted by Crippen LogP contribution is 2.16. The fourth-order valence-electron chi connectivity index (χ4n) is 1.32. The summed E-state index contributed by atoms with van der Waals surface area (Å²) in [5.41, 5.74) is 0.905. The Morgan fingerprint density at radius 1 is 1.57 bits per heavy atom. The predicted molar refractivity (Wildman–Crippen MR) is 50.9 cm³/mol. The first kappa shape index (κ1) is 9.43. The van der Waals surface area contributed by atoms with Crippen LogP contribution in [0.3, 0.4) is 0 Å². The van der Waals surface area contributed by atoms with Crippen molar-refractivity contribution in [1.29, 1.82) is 0 Å². The van der Waals surface area contributed by atoms with E-state index in [2.05, 4.69) is 10.3 Å². The lowest BCUT2D eigenvalue weighted by atomic mass is 10.1. The van der Waals surface area contributed by atoms with Crippen LogP contribution in [-0.4, -0.2) is 24.1 Å². The summed E-state index contributed by atoms with van der Waals surface area (Å²) >= 11 is 5.65. The Morgan fingerprint density at radius 3 is 3.07 bits per heavy atom. The number of morpholine rings is 1. The van der Waals surface area contributed by atoms with Crippen LogP contribution in [0.5, 0.6) is 0 Å². The minimum Gasteiger partial charge on any atom is -0.369 e. The van der Waals surface area contributed by atoms with Crippen LogP contribution in [0.4, 0.5) is 0 Å². The largest absolute Gasteiger partial charge is 0.369 e. The monoisotopic (exact) mass is 212 g/mol. The summed E-state index contributed by atoms with van der Waals surface area (Å²) in [5.74, 6) is -0.101. The molecule has 0 spiro atoms. The second-order valence-corrected chi connectivity index (χ2v) is 3.44. The maximum absolute atomic E-state index is 11.0.